The Labute approximate surface area is 126 Å². The number of carbonyl (C=O) groups is 1. The Hall–Kier alpha value is -1.71. The number of hydrogen-bond acceptors (Lipinski definition) is 5. The minimum Gasteiger partial charge on any atom is -0.477 e. The molecule has 0 saturated carbocycles. The SMILES string of the molecule is CC(C)n1cc(S(=O)(=O)NCc2nccs2)cc1C(=O)O. The van der Waals surface area contributed by atoms with Crippen LogP contribution < -0.4 is 4.72 Å². The number of nitrogens with one attached hydrogen (secondary N) is 1. The first-order valence-corrected chi connectivity index (χ1v) is 8.50. The maximum absolute atomic E-state index is 12.2. The number of carboxylic acids is 1. The van der Waals surface area contributed by atoms with Gasteiger partial charge in [0.1, 0.15) is 15.6 Å². The molecule has 0 spiro atoms. The predicted molar refractivity (Wildman–Crippen MR) is 77.9 cm³/mol. The van der Waals surface area contributed by atoms with E-state index < -0.39 is 16.0 Å². The van der Waals surface area contributed by atoms with E-state index in [1.807, 2.05) is 0 Å². The summed E-state index contributed by atoms with van der Waals surface area (Å²) in [6.45, 7) is 3.65. The van der Waals surface area contributed by atoms with Crippen LogP contribution in [0.2, 0.25) is 0 Å². The zero-order chi connectivity index (χ0) is 15.6. The molecule has 114 valence electrons. The smallest absolute Gasteiger partial charge is 0.352 e. The zero-order valence-electron chi connectivity index (χ0n) is 11.5. The highest BCUT2D eigenvalue weighted by Crippen LogP contribution is 2.19. The summed E-state index contributed by atoms with van der Waals surface area (Å²) in [5.41, 5.74) is -0.0559. The van der Waals surface area contributed by atoms with Crippen molar-refractivity contribution in [2.45, 2.75) is 31.3 Å². The molecule has 0 aliphatic rings. The van der Waals surface area contributed by atoms with Gasteiger partial charge >= 0.3 is 5.97 Å². The lowest BCUT2D eigenvalue weighted by atomic mass is 10.3. The minimum absolute atomic E-state index is 0.0559. The Bertz CT molecular complexity index is 733. The summed E-state index contributed by atoms with van der Waals surface area (Å²) < 4.78 is 28.2. The second-order valence-electron chi connectivity index (χ2n) is 4.62. The van der Waals surface area contributed by atoms with E-state index in [-0.39, 0.29) is 23.2 Å². The quantitative estimate of drug-likeness (QED) is 0.840. The van der Waals surface area contributed by atoms with E-state index in [1.54, 1.807) is 25.4 Å². The molecule has 21 heavy (non-hydrogen) atoms. The highest BCUT2D eigenvalue weighted by atomic mass is 32.2. The summed E-state index contributed by atoms with van der Waals surface area (Å²) in [5, 5.41) is 11.5. The molecule has 0 aliphatic heterocycles. The molecule has 2 rings (SSSR count). The molecule has 0 amide bonds. The van der Waals surface area contributed by atoms with Crippen LogP contribution in [0.1, 0.15) is 35.4 Å². The summed E-state index contributed by atoms with van der Waals surface area (Å²) in [6, 6.07) is 1.01. The van der Waals surface area contributed by atoms with Gasteiger partial charge in [0.05, 0.1) is 6.54 Å². The summed E-state index contributed by atoms with van der Waals surface area (Å²) in [7, 11) is -3.77. The van der Waals surface area contributed by atoms with Gasteiger partial charge in [-0.25, -0.2) is 22.9 Å². The molecule has 0 atom stereocenters. The van der Waals surface area contributed by atoms with Gasteiger partial charge in [0.15, 0.2) is 0 Å². The Morgan fingerprint density at radius 3 is 2.71 bits per heavy atom. The van der Waals surface area contributed by atoms with Gasteiger partial charge in [-0.2, -0.15) is 0 Å². The van der Waals surface area contributed by atoms with Crippen molar-refractivity contribution in [3.63, 3.8) is 0 Å². The Balaban J connectivity index is 2.27. The molecule has 2 aromatic rings. The average Bonchev–Trinajstić information content (AvgIpc) is 3.06. The third kappa shape index (κ3) is 3.49. The van der Waals surface area contributed by atoms with Crippen molar-refractivity contribution in [1.29, 1.82) is 0 Å². The minimum atomic E-state index is -3.77. The van der Waals surface area contributed by atoms with E-state index in [1.165, 1.54) is 22.1 Å². The largest absolute Gasteiger partial charge is 0.477 e. The monoisotopic (exact) mass is 329 g/mol. The Morgan fingerprint density at radius 1 is 1.52 bits per heavy atom. The van der Waals surface area contributed by atoms with Crippen molar-refractivity contribution in [1.82, 2.24) is 14.3 Å². The average molecular weight is 329 g/mol. The number of carboxylic acid groups (broad SMARTS) is 1. The van der Waals surface area contributed by atoms with Gasteiger partial charge in [-0.1, -0.05) is 0 Å². The fraction of sp³-hybridized carbons (Fsp3) is 0.333. The number of sulfonamides is 1. The number of thiazole rings is 1. The third-order valence-corrected chi connectivity index (χ3v) is 4.95. The lowest BCUT2D eigenvalue weighted by Crippen LogP contribution is -2.22. The number of aromatic nitrogens is 2. The number of rotatable bonds is 6. The van der Waals surface area contributed by atoms with Gasteiger partial charge in [-0.15, -0.1) is 11.3 Å². The molecule has 9 heteroatoms. The van der Waals surface area contributed by atoms with Crippen LogP contribution in [0.5, 0.6) is 0 Å². The molecule has 7 nitrogen and oxygen atoms in total. The second-order valence-corrected chi connectivity index (χ2v) is 7.36. The summed E-state index contributed by atoms with van der Waals surface area (Å²) in [4.78, 5) is 15.1. The molecule has 0 bridgehead atoms. The number of hydrogen-bond donors (Lipinski definition) is 2. The highest BCUT2D eigenvalue weighted by molar-refractivity contribution is 7.89. The van der Waals surface area contributed by atoms with Crippen molar-refractivity contribution in [2.75, 3.05) is 0 Å². The van der Waals surface area contributed by atoms with Crippen molar-refractivity contribution >= 4 is 27.3 Å². The van der Waals surface area contributed by atoms with Gasteiger partial charge in [-0.3, -0.25) is 0 Å². The number of nitrogens with zero attached hydrogens (tertiary/aromatic N) is 2. The molecule has 2 aromatic heterocycles. The van der Waals surface area contributed by atoms with Crippen LogP contribution in [-0.4, -0.2) is 29.0 Å². The third-order valence-electron chi connectivity index (χ3n) is 2.81. The zero-order valence-corrected chi connectivity index (χ0v) is 13.1. The van der Waals surface area contributed by atoms with Gasteiger partial charge in [0.25, 0.3) is 0 Å². The van der Waals surface area contributed by atoms with E-state index in [9.17, 15) is 13.2 Å². The molecule has 0 aromatic carbocycles. The molecule has 0 aliphatic carbocycles. The van der Waals surface area contributed by atoms with Crippen LogP contribution in [-0.2, 0) is 16.6 Å². The fourth-order valence-corrected chi connectivity index (χ4v) is 3.44. The predicted octanol–water partition coefficient (Wildman–Crippen LogP) is 1.70. The lowest BCUT2D eigenvalue weighted by molar-refractivity contribution is 0.0683. The van der Waals surface area contributed by atoms with Crippen molar-refractivity contribution < 1.29 is 18.3 Å². The van der Waals surface area contributed by atoms with Crippen molar-refractivity contribution in [3.05, 3.63) is 34.5 Å². The van der Waals surface area contributed by atoms with E-state index in [2.05, 4.69) is 9.71 Å². The van der Waals surface area contributed by atoms with Gasteiger partial charge in [0, 0.05) is 23.8 Å². The first-order chi connectivity index (χ1) is 9.81. The van der Waals surface area contributed by atoms with Crippen LogP contribution >= 0.6 is 11.3 Å². The van der Waals surface area contributed by atoms with Crippen LogP contribution in [0.15, 0.2) is 28.7 Å². The molecular weight excluding hydrogens is 314 g/mol. The second kappa shape index (κ2) is 5.96. The first-order valence-electron chi connectivity index (χ1n) is 6.14. The fourth-order valence-electron chi connectivity index (χ4n) is 1.78. The molecule has 0 radical (unpaired) electrons. The van der Waals surface area contributed by atoms with Crippen molar-refractivity contribution in [2.24, 2.45) is 0 Å². The van der Waals surface area contributed by atoms with Crippen molar-refractivity contribution in [3.8, 4) is 0 Å². The molecule has 0 saturated heterocycles. The Kier molecular flexibility index (Phi) is 4.45. The summed E-state index contributed by atoms with van der Waals surface area (Å²) in [6.07, 6.45) is 2.92. The molecule has 2 N–H and O–H groups in total. The molecule has 0 fully saturated rings. The highest BCUT2D eigenvalue weighted by Gasteiger charge is 2.22. The maximum atomic E-state index is 12.2. The Morgan fingerprint density at radius 2 is 2.24 bits per heavy atom. The van der Waals surface area contributed by atoms with Crippen LogP contribution in [0.25, 0.3) is 0 Å². The number of aromatic carboxylic acids is 1. The summed E-state index contributed by atoms with van der Waals surface area (Å²) in [5.74, 6) is -1.16. The molecular formula is C12H15N3O4S2. The topological polar surface area (TPSA) is 101 Å². The van der Waals surface area contributed by atoms with Crippen LogP contribution in [0.4, 0.5) is 0 Å². The van der Waals surface area contributed by atoms with Crippen LogP contribution in [0, 0.1) is 0 Å². The standard InChI is InChI=1S/C12H15N3O4S2/c1-8(2)15-7-9(5-10(15)12(16)17)21(18,19)14-6-11-13-3-4-20-11/h3-5,7-8,14H,6H2,1-2H3,(H,16,17). The lowest BCUT2D eigenvalue weighted by Gasteiger charge is -2.09. The van der Waals surface area contributed by atoms with E-state index in [0.717, 1.165) is 6.07 Å². The van der Waals surface area contributed by atoms with Gasteiger partial charge in [-0.05, 0) is 19.9 Å². The van der Waals surface area contributed by atoms with E-state index in [4.69, 9.17) is 5.11 Å². The van der Waals surface area contributed by atoms with Gasteiger partial charge < -0.3 is 9.67 Å². The van der Waals surface area contributed by atoms with Gasteiger partial charge in [0.2, 0.25) is 10.0 Å². The van der Waals surface area contributed by atoms with Crippen LogP contribution in [0.3, 0.4) is 0 Å². The van der Waals surface area contributed by atoms with E-state index >= 15 is 0 Å². The first kappa shape index (κ1) is 15.7. The molecule has 2 heterocycles. The maximum Gasteiger partial charge on any atom is 0.352 e. The van der Waals surface area contributed by atoms with E-state index in [0.29, 0.717) is 5.01 Å². The molecule has 0 unspecified atom stereocenters. The summed E-state index contributed by atoms with van der Waals surface area (Å²) >= 11 is 1.34. The normalized spacial score (nSPS) is 12.0.